The van der Waals surface area contributed by atoms with Crippen molar-refractivity contribution in [2.45, 2.75) is 13.3 Å². The van der Waals surface area contributed by atoms with Gasteiger partial charge >= 0.3 is 0 Å². The van der Waals surface area contributed by atoms with Crippen LogP contribution in [0.25, 0.3) is 11.3 Å². The monoisotopic (exact) mass is 400 g/mol. The molecule has 0 saturated heterocycles. The van der Waals surface area contributed by atoms with E-state index in [2.05, 4.69) is 40.0 Å². The molecule has 0 radical (unpaired) electrons. The number of rotatable bonds is 3. The maximum atomic E-state index is 12.5. The fraction of sp³-hybridized carbons (Fsp3) is 0.158. The summed E-state index contributed by atoms with van der Waals surface area (Å²) in [6, 6.07) is 17.6. The van der Waals surface area contributed by atoms with Gasteiger partial charge in [0.2, 0.25) is 0 Å². The Bertz CT molecular complexity index is 942. The molecule has 0 atom stereocenters. The number of halogens is 1. The van der Waals surface area contributed by atoms with E-state index in [1.54, 1.807) is 17.4 Å². The zero-order valence-corrected chi connectivity index (χ0v) is 15.9. The Morgan fingerprint density at radius 3 is 2.46 bits per heavy atom. The summed E-state index contributed by atoms with van der Waals surface area (Å²) in [4.78, 5) is 18.8. The second kappa shape index (κ2) is 7.28. The highest BCUT2D eigenvalue weighted by Gasteiger charge is 2.14. The molecule has 0 fully saturated rings. The van der Waals surface area contributed by atoms with Gasteiger partial charge in [-0.1, -0.05) is 49.4 Å². The van der Waals surface area contributed by atoms with Crippen molar-refractivity contribution >= 4 is 33.2 Å². The van der Waals surface area contributed by atoms with Crippen LogP contribution in [0.15, 0.2) is 64.1 Å². The topological polar surface area (TPSA) is 34.4 Å². The highest BCUT2D eigenvalue weighted by atomic mass is 79.9. The second-order valence-electron chi connectivity index (χ2n) is 5.33. The molecule has 0 aliphatic rings. The van der Waals surface area contributed by atoms with Gasteiger partial charge in [0.25, 0.3) is 5.91 Å². The molecule has 1 aromatic heterocycles. The molecule has 0 unspecified atom stereocenters. The number of aromatic nitrogens is 1. The molecule has 0 N–H and O–H groups in total. The molecule has 0 bridgehead atoms. The molecular weight excluding hydrogens is 384 g/mol. The van der Waals surface area contributed by atoms with Gasteiger partial charge in [-0.3, -0.25) is 4.79 Å². The lowest BCUT2D eigenvalue weighted by Gasteiger charge is -2.05. The van der Waals surface area contributed by atoms with E-state index in [-0.39, 0.29) is 5.91 Å². The highest BCUT2D eigenvalue weighted by molar-refractivity contribution is 9.10. The van der Waals surface area contributed by atoms with Crippen molar-refractivity contribution in [2.75, 3.05) is 0 Å². The first-order valence-corrected chi connectivity index (χ1v) is 9.30. The first kappa shape index (κ1) is 16.9. The van der Waals surface area contributed by atoms with Gasteiger partial charge in [0.15, 0.2) is 4.80 Å². The van der Waals surface area contributed by atoms with E-state index in [9.17, 15) is 4.79 Å². The number of carbonyl (C=O) groups excluding carboxylic acids is 1. The van der Waals surface area contributed by atoms with Crippen LogP contribution in [0, 0.1) is 0 Å². The van der Waals surface area contributed by atoms with Gasteiger partial charge < -0.3 is 4.57 Å². The van der Waals surface area contributed by atoms with Gasteiger partial charge in [0.05, 0.1) is 11.3 Å². The van der Waals surface area contributed by atoms with E-state index in [0.29, 0.717) is 10.4 Å². The van der Waals surface area contributed by atoms with Crippen LogP contribution < -0.4 is 4.80 Å². The van der Waals surface area contributed by atoms with Crippen molar-refractivity contribution in [3.8, 4) is 11.3 Å². The minimum absolute atomic E-state index is 0.235. The minimum Gasteiger partial charge on any atom is -0.319 e. The molecular formula is C19H17BrN2OS. The normalized spacial score (nSPS) is 11.7. The Labute approximate surface area is 153 Å². The fourth-order valence-electron chi connectivity index (χ4n) is 2.58. The van der Waals surface area contributed by atoms with Gasteiger partial charge in [-0.25, -0.2) is 0 Å². The number of benzene rings is 2. The Morgan fingerprint density at radius 1 is 1.12 bits per heavy atom. The Kier molecular flexibility index (Phi) is 5.11. The Balaban J connectivity index is 2.11. The average molecular weight is 401 g/mol. The van der Waals surface area contributed by atoms with Crippen molar-refractivity contribution in [1.82, 2.24) is 4.57 Å². The van der Waals surface area contributed by atoms with Crippen LogP contribution >= 0.6 is 27.3 Å². The van der Waals surface area contributed by atoms with Crippen LogP contribution in [0.5, 0.6) is 0 Å². The third-order valence-electron chi connectivity index (χ3n) is 3.77. The van der Waals surface area contributed by atoms with Crippen molar-refractivity contribution in [3.63, 3.8) is 0 Å². The molecule has 0 aliphatic carbocycles. The lowest BCUT2D eigenvalue weighted by atomic mass is 10.1. The summed E-state index contributed by atoms with van der Waals surface area (Å²) in [7, 11) is 1.96. The SMILES string of the molecule is CCc1sc(=NC(=O)c2ccccc2Br)n(C)c1-c1ccccc1. The minimum atomic E-state index is -0.235. The average Bonchev–Trinajstić information content (AvgIpc) is 2.91. The Morgan fingerprint density at radius 2 is 1.79 bits per heavy atom. The Hall–Kier alpha value is -1.98. The molecule has 0 aliphatic heterocycles. The molecule has 1 amide bonds. The summed E-state index contributed by atoms with van der Waals surface area (Å²) in [5, 5.41) is 0. The third kappa shape index (κ3) is 3.28. The summed E-state index contributed by atoms with van der Waals surface area (Å²) in [5.74, 6) is -0.235. The molecule has 2 aromatic carbocycles. The summed E-state index contributed by atoms with van der Waals surface area (Å²) < 4.78 is 2.77. The lowest BCUT2D eigenvalue weighted by molar-refractivity contribution is 0.0997. The number of aryl methyl sites for hydroxylation is 1. The van der Waals surface area contributed by atoms with Crippen molar-refractivity contribution < 1.29 is 4.79 Å². The van der Waals surface area contributed by atoms with Crippen LogP contribution in [0.4, 0.5) is 0 Å². The molecule has 3 rings (SSSR count). The molecule has 1 heterocycles. The van der Waals surface area contributed by atoms with Gasteiger partial charge in [-0.2, -0.15) is 4.99 Å². The maximum absolute atomic E-state index is 12.5. The summed E-state index contributed by atoms with van der Waals surface area (Å²) in [6.45, 7) is 2.12. The summed E-state index contributed by atoms with van der Waals surface area (Å²) in [5.41, 5.74) is 2.84. The van der Waals surface area contributed by atoms with Gasteiger partial charge in [0, 0.05) is 16.4 Å². The van der Waals surface area contributed by atoms with E-state index in [4.69, 9.17) is 0 Å². The van der Waals surface area contributed by atoms with Crippen molar-refractivity contribution in [3.05, 3.63) is 74.3 Å². The van der Waals surface area contributed by atoms with Crippen LogP contribution in [-0.2, 0) is 13.5 Å². The largest absolute Gasteiger partial charge is 0.319 e. The fourth-order valence-corrected chi connectivity index (χ4v) is 4.11. The molecule has 3 nitrogen and oxygen atoms in total. The van der Waals surface area contributed by atoms with E-state index >= 15 is 0 Å². The molecule has 0 saturated carbocycles. The van der Waals surface area contributed by atoms with Gasteiger partial charge in [-0.05, 0) is 40.0 Å². The number of nitrogens with zero attached hydrogens (tertiary/aromatic N) is 2. The first-order chi connectivity index (χ1) is 11.6. The smallest absolute Gasteiger partial charge is 0.280 e. The van der Waals surface area contributed by atoms with Crippen LogP contribution in [0.3, 0.4) is 0 Å². The molecule has 122 valence electrons. The highest BCUT2D eigenvalue weighted by Crippen LogP contribution is 2.25. The predicted octanol–water partition coefficient (Wildman–Crippen LogP) is 4.82. The van der Waals surface area contributed by atoms with Crippen molar-refractivity contribution in [1.29, 1.82) is 0 Å². The number of amides is 1. The lowest BCUT2D eigenvalue weighted by Crippen LogP contribution is -2.14. The number of thiazole rings is 1. The van der Waals surface area contributed by atoms with E-state index in [1.165, 1.54) is 4.88 Å². The summed E-state index contributed by atoms with van der Waals surface area (Å²) >= 11 is 4.98. The van der Waals surface area contributed by atoms with Crippen LogP contribution in [-0.4, -0.2) is 10.5 Å². The second-order valence-corrected chi connectivity index (χ2v) is 7.25. The molecule has 3 aromatic rings. The predicted molar refractivity (Wildman–Crippen MR) is 102 cm³/mol. The van der Waals surface area contributed by atoms with E-state index in [0.717, 1.165) is 22.2 Å². The maximum Gasteiger partial charge on any atom is 0.280 e. The van der Waals surface area contributed by atoms with Crippen LogP contribution in [0.2, 0.25) is 0 Å². The number of hydrogen-bond donors (Lipinski definition) is 0. The zero-order valence-electron chi connectivity index (χ0n) is 13.5. The number of hydrogen-bond acceptors (Lipinski definition) is 2. The molecule has 24 heavy (non-hydrogen) atoms. The van der Waals surface area contributed by atoms with E-state index < -0.39 is 0 Å². The van der Waals surface area contributed by atoms with Crippen molar-refractivity contribution in [2.24, 2.45) is 12.0 Å². The first-order valence-electron chi connectivity index (χ1n) is 7.69. The quantitative estimate of drug-likeness (QED) is 0.620. The summed E-state index contributed by atoms with van der Waals surface area (Å²) in [6.07, 6.45) is 0.904. The third-order valence-corrected chi connectivity index (χ3v) is 5.74. The van der Waals surface area contributed by atoms with E-state index in [1.807, 2.05) is 48.0 Å². The van der Waals surface area contributed by atoms with Gasteiger partial charge in [0.1, 0.15) is 0 Å². The zero-order chi connectivity index (χ0) is 17.1. The number of carbonyl (C=O) groups is 1. The van der Waals surface area contributed by atoms with Gasteiger partial charge in [-0.15, -0.1) is 11.3 Å². The molecule has 0 spiro atoms. The molecule has 5 heteroatoms. The standard InChI is InChI=1S/C19H17BrN2OS/c1-3-16-17(13-9-5-4-6-10-13)22(2)19(24-16)21-18(23)14-11-7-8-12-15(14)20/h4-12H,3H2,1-2H3. The van der Waals surface area contributed by atoms with Crippen LogP contribution in [0.1, 0.15) is 22.2 Å².